The number of aromatic nitrogens is 2. The molecule has 0 radical (unpaired) electrons. The summed E-state index contributed by atoms with van der Waals surface area (Å²) >= 11 is 8.15. The maximum Gasteiger partial charge on any atom is 0.260 e. The average molecular weight is 447 g/mol. The molecule has 0 amide bonds. The summed E-state index contributed by atoms with van der Waals surface area (Å²) in [7, 11) is 3.13. The molecule has 1 aliphatic carbocycles. The molecule has 0 fully saturated rings. The number of methoxy groups -OCH3 is 2. The number of aryl methyl sites for hydroxylation is 2. The zero-order valence-corrected chi connectivity index (χ0v) is 18.7. The lowest BCUT2D eigenvalue weighted by molar-refractivity contribution is 0.288. The Kier molecular flexibility index (Phi) is 6.01. The van der Waals surface area contributed by atoms with Gasteiger partial charge in [0, 0.05) is 4.88 Å². The Morgan fingerprint density at radius 1 is 1.23 bits per heavy atom. The smallest absolute Gasteiger partial charge is 0.260 e. The first kappa shape index (κ1) is 20.8. The third-order valence-electron chi connectivity index (χ3n) is 5.12. The van der Waals surface area contributed by atoms with Crippen molar-refractivity contribution in [2.24, 2.45) is 0 Å². The molecule has 0 atom stereocenters. The zero-order chi connectivity index (χ0) is 21.3. The number of aromatic amines is 1. The molecule has 2 aromatic heterocycles. The molecule has 2 heterocycles. The van der Waals surface area contributed by atoms with Crippen molar-refractivity contribution in [1.29, 1.82) is 0 Å². The molecular weight excluding hydrogens is 424 g/mol. The third kappa shape index (κ3) is 3.79. The van der Waals surface area contributed by atoms with E-state index in [4.69, 9.17) is 25.8 Å². The minimum Gasteiger partial charge on any atom is -0.493 e. The van der Waals surface area contributed by atoms with Crippen molar-refractivity contribution >= 4 is 44.3 Å². The van der Waals surface area contributed by atoms with Gasteiger partial charge in [0.05, 0.1) is 31.2 Å². The molecule has 0 saturated carbocycles. The summed E-state index contributed by atoms with van der Waals surface area (Å²) in [4.78, 5) is 22.3. The third-order valence-corrected chi connectivity index (χ3v) is 6.59. The van der Waals surface area contributed by atoms with Crippen LogP contribution in [0.1, 0.15) is 41.6 Å². The molecule has 0 bridgehead atoms. The Labute approximate surface area is 183 Å². The van der Waals surface area contributed by atoms with Crippen molar-refractivity contribution in [2.45, 2.75) is 32.6 Å². The highest BCUT2D eigenvalue weighted by atomic mass is 35.5. The minimum atomic E-state index is -0.136. The van der Waals surface area contributed by atoms with Crippen LogP contribution in [-0.4, -0.2) is 30.8 Å². The average Bonchev–Trinajstić information content (AvgIpc) is 3.13. The first-order chi connectivity index (χ1) is 14.5. The van der Waals surface area contributed by atoms with E-state index in [0.717, 1.165) is 41.6 Å². The topological polar surface area (TPSA) is 73.4 Å². The molecule has 30 heavy (non-hydrogen) atoms. The molecule has 8 heteroatoms. The molecular formula is C22H23ClN2O4S. The quantitative estimate of drug-likeness (QED) is 0.575. The SMILES string of the molecule is CCOc1c(OC)cc(/C=C(/Cl)c2nc3sc4c(c3c(=O)[nH]2)CCCC4)cc1OC. The molecule has 1 aromatic carbocycles. The van der Waals surface area contributed by atoms with E-state index in [9.17, 15) is 4.79 Å². The van der Waals surface area contributed by atoms with Crippen molar-refractivity contribution in [3.8, 4) is 17.2 Å². The number of halogens is 1. The van der Waals surface area contributed by atoms with Crippen LogP contribution < -0.4 is 19.8 Å². The first-order valence-corrected chi connectivity index (χ1v) is 11.1. The van der Waals surface area contributed by atoms with Crippen LogP contribution in [0, 0.1) is 0 Å². The van der Waals surface area contributed by atoms with E-state index in [0.29, 0.717) is 40.1 Å². The Hall–Kier alpha value is -2.51. The molecule has 158 valence electrons. The van der Waals surface area contributed by atoms with Gasteiger partial charge in [-0.1, -0.05) is 11.6 Å². The second-order valence-electron chi connectivity index (χ2n) is 6.99. The summed E-state index contributed by atoms with van der Waals surface area (Å²) in [5, 5.41) is 1.04. The number of rotatable bonds is 6. The molecule has 0 spiro atoms. The highest BCUT2D eigenvalue weighted by molar-refractivity contribution is 7.18. The van der Waals surface area contributed by atoms with Crippen LogP contribution in [0.25, 0.3) is 21.3 Å². The lowest BCUT2D eigenvalue weighted by Crippen LogP contribution is -2.12. The first-order valence-electron chi connectivity index (χ1n) is 9.86. The molecule has 6 nitrogen and oxygen atoms in total. The summed E-state index contributed by atoms with van der Waals surface area (Å²) in [5.41, 5.74) is 1.76. The summed E-state index contributed by atoms with van der Waals surface area (Å²) < 4.78 is 16.5. The van der Waals surface area contributed by atoms with Crippen molar-refractivity contribution in [3.63, 3.8) is 0 Å². The Bertz CT molecular complexity index is 1160. The van der Waals surface area contributed by atoms with Gasteiger partial charge in [-0.25, -0.2) is 4.98 Å². The lowest BCUT2D eigenvalue weighted by Gasteiger charge is -2.14. The fourth-order valence-electron chi connectivity index (χ4n) is 3.76. The number of H-pyrrole nitrogens is 1. The van der Waals surface area contributed by atoms with E-state index in [2.05, 4.69) is 9.97 Å². The van der Waals surface area contributed by atoms with Gasteiger partial charge in [-0.2, -0.15) is 0 Å². The van der Waals surface area contributed by atoms with Crippen molar-refractivity contribution in [2.75, 3.05) is 20.8 Å². The van der Waals surface area contributed by atoms with Crippen LogP contribution >= 0.6 is 22.9 Å². The number of benzene rings is 1. The zero-order valence-electron chi connectivity index (χ0n) is 17.1. The van der Waals surface area contributed by atoms with Gasteiger partial charge in [-0.15, -0.1) is 11.3 Å². The van der Waals surface area contributed by atoms with E-state index in [1.165, 1.54) is 4.88 Å². The number of ether oxygens (including phenoxy) is 3. The van der Waals surface area contributed by atoms with Crippen LogP contribution in [0.15, 0.2) is 16.9 Å². The maximum absolute atomic E-state index is 12.8. The minimum absolute atomic E-state index is 0.136. The maximum atomic E-state index is 12.8. The normalized spacial score (nSPS) is 13.9. The number of nitrogens with one attached hydrogen (secondary N) is 1. The number of fused-ring (bicyclic) bond motifs is 3. The Morgan fingerprint density at radius 2 is 1.93 bits per heavy atom. The van der Waals surface area contributed by atoms with Crippen LogP contribution in [0.2, 0.25) is 0 Å². The number of hydrogen-bond acceptors (Lipinski definition) is 6. The number of hydrogen-bond donors (Lipinski definition) is 1. The van der Waals surface area contributed by atoms with E-state index >= 15 is 0 Å². The standard InChI is InChI=1S/C22H23ClN2O4S/c1-4-29-19-15(27-2)10-12(11-16(19)28-3)9-14(23)20-24-21(26)18-13-7-5-6-8-17(13)30-22(18)25-20/h9-11H,4-8H2,1-3H3,(H,24,25,26)/b14-9+. The molecule has 4 rings (SSSR count). The second kappa shape index (κ2) is 8.70. The van der Waals surface area contributed by atoms with Crippen molar-refractivity contribution in [1.82, 2.24) is 9.97 Å². The van der Waals surface area contributed by atoms with E-state index in [-0.39, 0.29) is 5.56 Å². The number of nitrogens with zero attached hydrogens (tertiary/aromatic N) is 1. The summed E-state index contributed by atoms with van der Waals surface area (Å²) in [5.74, 6) is 1.96. The van der Waals surface area contributed by atoms with Crippen LogP contribution in [0.4, 0.5) is 0 Å². The van der Waals surface area contributed by atoms with Gasteiger partial charge in [0.2, 0.25) is 5.75 Å². The van der Waals surface area contributed by atoms with E-state index < -0.39 is 0 Å². The van der Waals surface area contributed by atoms with Gasteiger partial charge in [-0.05, 0) is 61.9 Å². The highest BCUT2D eigenvalue weighted by Gasteiger charge is 2.20. The molecule has 0 unspecified atom stereocenters. The summed E-state index contributed by atoms with van der Waals surface area (Å²) in [6.07, 6.45) is 5.95. The van der Waals surface area contributed by atoms with Crippen LogP contribution in [-0.2, 0) is 12.8 Å². The predicted octanol–water partition coefficient (Wildman–Crippen LogP) is 5.02. The highest BCUT2D eigenvalue weighted by Crippen LogP contribution is 2.40. The van der Waals surface area contributed by atoms with Gasteiger partial charge in [0.1, 0.15) is 4.83 Å². The van der Waals surface area contributed by atoms with Gasteiger partial charge in [0.25, 0.3) is 5.56 Å². The van der Waals surface area contributed by atoms with Gasteiger partial charge >= 0.3 is 0 Å². The Morgan fingerprint density at radius 3 is 2.60 bits per heavy atom. The summed E-state index contributed by atoms with van der Waals surface area (Å²) in [6, 6.07) is 3.60. The molecule has 0 aliphatic heterocycles. The second-order valence-corrected chi connectivity index (χ2v) is 8.48. The van der Waals surface area contributed by atoms with Gasteiger partial charge < -0.3 is 19.2 Å². The molecule has 0 saturated heterocycles. The van der Waals surface area contributed by atoms with Crippen LogP contribution in [0.5, 0.6) is 17.2 Å². The van der Waals surface area contributed by atoms with Gasteiger partial charge in [0.15, 0.2) is 17.3 Å². The fraction of sp³-hybridized carbons (Fsp3) is 0.364. The van der Waals surface area contributed by atoms with E-state index in [1.807, 2.05) is 6.92 Å². The molecule has 1 aliphatic rings. The lowest BCUT2D eigenvalue weighted by atomic mass is 9.97. The van der Waals surface area contributed by atoms with Gasteiger partial charge in [-0.3, -0.25) is 4.79 Å². The van der Waals surface area contributed by atoms with Crippen LogP contribution in [0.3, 0.4) is 0 Å². The van der Waals surface area contributed by atoms with Crippen molar-refractivity contribution in [3.05, 3.63) is 44.3 Å². The molecule has 3 aromatic rings. The monoisotopic (exact) mass is 446 g/mol. The predicted molar refractivity (Wildman–Crippen MR) is 121 cm³/mol. The Balaban J connectivity index is 1.76. The fourth-order valence-corrected chi connectivity index (χ4v) is 5.24. The summed E-state index contributed by atoms with van der Waals surface area (Å²) in [6.45, 7) is 2.38. The largest absolute Gasteiger partial charge is 0.493 e. The number of thiophene rings is 1. The molecule has 1 N–H and O–H groups in total. The van der Waals surface area contributed by atoms with Crippen molar-refractivity contribution < 1.29 is 14.2 Å². The van der Waals surface area contributed by atoms with E-state index in [1.54, 1.807) is 43.8 Å².